The van der Waals surface area contributed by atoms with Crippen molar-refractivity contribution in [3.05, 3.63) is 51.5 Å². The first kappa shape index (κ1) is 15.2. The van der Waals surface area contributed by atoms with E-state index in [4.69, 9.17) is 0 Å². The summed E-state index contributed by atoms with van der Waals surface area (Å²) in [5.41, 5.74) is 1.32. The van der Waals surface area contributed by atoms with Crippen molar-refractivity contribution >= 4 is 5.91 Å². The van der Waals surface area contributed by atoms with Gasteiger partial charge in [-0.25, -0.2) is 5.10 Å². The quantitative estimate of drug-likeness (QED) is 0.766. The molecule has 21 heavy (non-hydrogen) atoms. The molecule has 6 heteroatoms. The minimum atomic E-state index is -0.663. The zero-order valence-electron chi connectivity index (χ0n) is 12.1. The first-order valence-electron chi connectivity index (χ1n) is 6.88. The normalized spacial score (nSPS) is 19.0. The Morgan fingerprint density at radius 3 is 3.00 bits per heavy atom. The van der Waals surface area contributed by atoms with E-state index in [0.29, 0.717) is 5.69 Å². The molecule has 2 rings (SSSR count). The van der Waals surface area contributed by atoms with Crippen molar-refractivity contribution in [1.82, 2.24) is 15.5 Å². The Labute approximate surface area is 122 Å². The molecule has 6 nitrogen and oxygen atoms in total. The first-order chi connectivity index (χ1) is 9.97. The van der Waals surface area contributed by atoms with Gasteiger partial charge >= 0.3 is 0 Å². The average molecular weight is 289 g/mol. The fourth-order valence-corrected chi connectivity index (χ4v) is 2.06. The third-order valence-electron chi connectivity index (χ3n) is 3.29. The highest BCUT2D eigenvalue weighted by molar-refractivity contribution is 5.93. The highest BCUT2D eigenvalue weighted by Crippen LogP contribution is 2.24. The van der Waals surface area contributed by atoms with Gasteiger partial charge in [0.25, 0.3) is 11.5 Å². The Bertz CT molecular complexity index is 644. The maximum absolute atomic E-state index is 12.0. The van der Waals surface area contributed by atoms with Gasteiger partial charge in [-0.05, 0) is 26.3 Å². The Hall–Kier alpha value is -2.21. The second-order valence-electron chi connectivity index (χ2n) is 5.24. The minimum absolute atomic E-state index is 0.0142. The molecule has 1 amide bonds. The van der Waals surface area contributed by atoms with Gasteiger partial charge in [-0.2, -0.15) is 5.10 Å². The molecule has 1 aromatic rings. The number of amides is 1. The van der Waals surface area contributed by atoms with Crippen LogP contribution in [0.25, 0.3) is 0 Å². The van der Waals surface area contributed by atoms with Crippen molar-refractivity contribution in [1.29, 1.82) is 0 Å². The number of rotatable bonds is 4. The van der Waals surface area contributed by atoms with Crippen molar-refractivity contribution in [2.24, 2.45) is 0 Å². The van der Waals surface area contributed by atoms with E-state index < -0.39 is 17.6 Å². The first-order valence-corrected chi connectivity index (χ1v) is 6.88. The van der Waals surface area contributed by atoms with Gasteiger partial charge < -0.3 is 10.4 Å². The molecule has 2 atom stereocenters. The molecule has 1 aliphatic rings. The van der Waals surface area contributed by atoms with Crippen molar-refractivity contribution in [3.63, 3.8) is 0 Å². The summed E-state index contributed by atoms with van der Waals surface area (Å²) in [7, 11) is 0. The predicted octanol–water partition coefficient (Wildman–Crippen LogP) is 0.870. The summed E-state index contributed by atoms with van der Waals surface area (Å²) < 4.78 is 0. The zero-order chi connectivity index (χ0) is 15.4. The van der Waals surface area contributed by atoms with Crippen LogP contribution in [-0.2, 0) is 0 Å². The molecule has 0 fully saturated rings. The van der Waals surface area contributed by atoms with Gasteiger partial charge in [-0.15, -0.1) is 0 Å². The summed E-state index contributed by atoms with van der Waals surface area (Å²) in [4.78, 5) is 23.7. The number of H-pyrrole nitrogens is 1. The summed E-state index contributed by atoms with van der Waals surface area (Å²) in [5.74, 6) is -0.457. The third kappa shape index (κ3) is 3.88. The lowest BCUT2D eigenvalue weighted by Crippen LogP contribution is -2.34. The summed E-state index contributed by atoms with van der Waals surface area (Å²) in [6.07, 6.45) is 6.21. The fourth-order valence-electron chi connectivity index (χ4n) is 2.06. The van der Waals surface area contributed by atoms with Crippen molar-refractivity contribution in [2.75, 3.05) is 6.54 Å². The lowest BCUT2D eigenvalue weighted by atomic mass is 9.93. The number of aromatic nitrogens is 2. The topological polar surface area (TPSA) is 95.1 Å². The van der Waals surface area contributed by atoms with Gasteiger partial charge in [0, 0.05) is 12.5 Å². The number of aliphatic hydroxyl groups excluding tert-OH is 1. The van der Waals surface area contributed by atoms with Crippen LogP contribution in [-0.4, -0.2) is 33.9 Å². The molecule has 0 radical (unpaired) electrons. The Kier molecular flexibility index (Phi) is 4.70. The van der Waals surface area contributed by atoms with Crippen LogP contribution in [0.3, 0.4) is 0 Å². The van der Waals surface area contributed by atoms with Gasteiger partial charge in [-0.1, -0.05) is 23.8 Å². The number of allylic oxidation sites excluding steroid dienone is 4. The molecule has 3 N–H and O–H groups in total. The minimum Gasteiger partial charge on any atom is -0.392 e. The van der Waals surface area contributed by atoms with Gasteiger partial charge in [0.05, 0.1) is 11.8 Å². The van der Waals surface area contributed by atoms with E-state index in [-0.39, 0.29) is 18.0 Å². The summed E-state index contributed by atoms with van der Waals surface area (Å²) in [6.45, 7) is 3.67. The molecular weight excluding hydrogens is 270 g/mol. The molecule has 0 aliphatic heterocycles. The van der Waals surface area contributed by atoms with Crippen LogP contribution in [0, 0.1) is 0 Å². The number of hydrogen-bond donors (Lipinski definition) is 3. The lowest BCUT2D eigenvalue weighted by Gasteiger charge is -2.14. The standard InChI is InChI=1S/C15H19N3O3/c1-9-3-5-11(6-4-9)13-7-12(15(21)18-17-13)14(20)16-8-10(2)19/h3-5,7,10-11,19H,6,8H2,1-2H3,(H,16,20)(H,18,21). The zero-order valence-corrected chi connectivity index (χ0v) is 12.1. The molecule has 112 valence electrons. The van der Waals surface area contributed by atoms with Crippen LogP contribution in [0.5, 0.6) is 0 Å². The molecular formula is C15H19N3O3. The number of aromatic amines is 1. The average Bonchev–Trinajstić information content (AvgIpc) is 2.46. The highest BCUT2D eigenvalue weighted by Gasteiger charge is 2.17. The van der Waals surface area contributed by atoms with E-state index in [1.807, 2.05) is 19.1 Å². The number of carbonyl (C=O) groups is 1. The number of carbonyl (C=O) groups excluding carboxylic acids is 1. The predicted molar refractivity (Wildman–Crippen MR) is 79.1 cm³/mol. The van der Waals surface area contributed by atoms with E-state index in [1.165, 1.54) is 11.6 Å². The van der Waals surface area contributed by atoms with Crippen molar-refractivity contribution < 1.29 is 9.90 Å². The Balaban J connectivity index is 2.20. The van der Waals surface area contributed by atoms with Crippen LogP contribution >= 0.6 is 0 Å². The molecule has 1 heterocycles. The van der Waals surface area contributed by atoms with E-state index in [0.717, 1.165) is 6.42 Å². The summed E-state index contributed by atoms with van der Waals surface area (Å²) >= 11 is 0. The van der Waals surface area contributed by atoms with Crippen molar-refractivity contribution in [3.8, 4) is 0 Å². The number of nitrogens with zero attached hydrogens (tertiary/aromatic N) is 1. The largest absolute Gasteiger partial charge is 0.392 e. The van der Waals surface area contributed by atoms with Gasteiger partial charge in [0.2, 0.25) is 0 Å². The second-order valence-corrected chi connectivity index (χ2v) is 5.24. The lowest BCUT2D eigenvalue weighted by molar-refractivity contribution is 0.0922. The molecule has 0 spiro atoms. The van der Waals surface area contributed by atoms with Gasteiger partial charge in [0.1, 0.15) is 5.56 Å². The smallest absolute Gasteiger partial charge is 0.277 e. The Morgan fingerprint density at radius 1 is 1.62 bits per heavy atom. The molecule has 1 aliphatic carbocycles. The highest BCUT2D eigenvalue weighted by atomic mass is 16.3. The van der Waals surface area contributed by atoms with Crippen LogP contribution in [0.1, 0.15) is 42.2 Å². The van der Waals surface area contributed by atoms with E-state index >= 15 is 0 Å². The molecule has 0 bridgehead atoms. The Morgan fingerprint density at radius 2 is 2.38 bits per heavy atom. The number of hydrogen-bond acceptors (Lipinski definition) is 4. The molecule has 0 aromatic carbocycles. The monoisotopic (exact) mass is 289 g/mol. The van der Waals surface area contributed by atoms with Crippen LogP contribution in [0.15, 0.2) is 34.7 Å². The molecule has 0 saturated heterocycles. The van der Waals surface area contributed by atoms with E-state index in [2.05, 4.69) is 21.6 Å². The number of nitrogens with one attached hydrogen (secondary N) is 2. The van der Waals surface area contributed by atoms with Crippen LogP contribution in [0.4, 0.5) is 0 Å². The summed E-state index contributed by atoms with van der Waals surface area (Å²) in [5, 5.41) is 18.1. The molecule has 0 saturated carbocycles. The van der Waals surface area contributed by atoms with Crippen LogP contribution in [0.2, 0.25) is 0 Å². The van der Waals surface area contributed by atoms with Crippen LogP contribution < -0.4 is 10.9 Å². The maximum atomic E-state index is 12.0. The SMILES string of the molecule is CC1=CCC(c2cc(C(=O)NCC(C)O)c(=O)[nH]n2)C=C1. The second kappa shape index (κ2) is 6.49. The van der Waals surface area contributed by atoms with Gasteiger partial charge in [0.15, 0.2) is 0 Å². The van der Waals surface area contributed by atoms with Gasteiger partial charge in [-0.3, -0.25) is 9.59 Å². The van der Waals surface area contributed by atoms with E-state index in [1.54, 1.807) is 6.92 Å². The number of aliphatic hydroxyl groups is 1. The summed E-state index contributed by atoms with van der Waals surface area (Å²) in [6, 6.07) is 1.51. The third-order valence-corrected chi connectivity index (χ3v) is 3.29. The maximum Gasteiger partial charge on any atom is 0.277 e. The molecule has 1 aromatic heterocycles. The molecule has 2 unspecified atom stereocenters. The fraction of sp³-hybridized carbons (Fsp3) is 0.400. The van der Waals surface area contributed by atoms with E-state index in [9.17, 15) is 14.7 Å². The van der Waals surface area contributed by atoms with Crippen molar-refractivity contribution in [2.45, 2.75) is 32.3 Å².